The number of hydrogen-bond donors (Lipinski definition) is 0. The third-order valence-electron chi connectivity index (χ3n) is 6.65. The topological polar surface area (TPSA) is 76.3 Å². The first kappa shape index (κ1) is 28.2. The lowest BCUT2D eigenvalue weighted by atomic mass is 10.1. The fraction of sp³-hybridized carbons (Fsp3) is 0.286. The molecule has 1 aliphatic heterocycles. The average molecular weight is 602 g/mol. The van der Waals surface area contributed by atoms with E-state index in [1.54, 1.807) is 45.9 Å². The van der Waals surface area contributed by atoms with E-state index in [2.05, 4.69) is 15.0 Å². The van der Waals surface area contributed by atoms with E-state index in [-0.39, 0.29) is 23.8 Å². The molecule has 0 aliphatic carbocycles. The van der Waals surface area contributed by atoms with Crippen molar-refractivity contribution in [1.29, 1.82) is 0 Å². The number of aryl methyl sites for hydroxylation is 1. The van der Waals surface area contributed by atoms with Crippen LogP contribution in [0.1, 0.15) is 16.7 Å². The molecule has 208 valence electrons. The van der Waals surface area contributed by atoms with Gasteiger partial charge < -0.3 is 14.4 Å². The van der Waals surface area contributed by atoms with Gasteiger partial charge in [-0.05, 0) is 41.5 Å². The van der Waals surface area contributed by atoms with Gasteiger partial charge in [-0.2, -0.15) is 10.1 Å². The molecule has 40 heavy (non-hydrogen) atoms. The molecule has 0 unspecified atom stereocenters. The number of hydrogen-bond acceptors (Lipinski definition) is 6. The van der Waals surface area contributed by atoms with E-state index in [0.29, 0.717) is 59.1 Å². The minimum absolute atomic E-state index is 0.0424. The number of benzene rings is 2. The Hall–Kier alpha value is -3.34. The predicted octanol–water partition coefficient (Wildman–Crippen LogP) is 4.65. The fourth-order valence-corrected chi connectivity index (χ4v) is 6.01. The summed E-state index contributed by atoms with van der Waals surface area (Å²) in [5.41, 5.74) is 2.79. The number of aromatic nitrogens is 4. The van der Waals surface area contributed by atoms with Gasteiger partial charge in [0.1, 0.15) is 12.4 Å². The standard InChI is InChI=1S/C28H27Cl2FN6O2S/c1-34-15-20(14-32-34)12-21-16-37(28(33-27(21)39)40-18-19-2-5-23(31)6-3-19)17-26(38)36-10-8-35(9-11-36)25-7-4-22(29)13-24(25)30/h2-7,13-16H,8-12,17-18H2,1H3. The molecule has 0 bridgehead atoms. The highest BCUT2D eigenvalue weighted by Gasteiger charge is 2.24. The highest BCUT2D eigenvalue weighted by atomic mass is 35.5. The normalized spacial score (nSPS) is 13.6. The second-order valence-corrected chi connectivity index (χ2v) is 11.3. The number of carbonyl (C=O) groups is 1. The quantitative estimate of drug-likeness (QED) is 0.216. The van der Waals surface area contributed by atoms with Crippen molar-refractivity contribution in [3.8, 4) is 0 Å². The summed E-state index contributed by atoms with van der Waals surface area (Å²) in [5.74, 6) is 0.0967. The summed E-state index contributed by atoms with van der Waals surface area (Å²) in [6.45, 7) is 2.38. The first-order chi connectivity index (χ1) is 19.2. The van der Waals surface area contributed by atoms with E-state index in [0.717, 1.165) is 16.8 Å². The van der Waals surface area contributed by atoms with Gasteiger partial charge >= 0.3 is 0 Å². The van der Waals surface area contributed by atoms with Crippen LogP contribution in [0, 0.1) is 5.82 Å². The number of halogens is 3. The van der Waals surface area contributed by atoms with Crippen LogP contribution in [0.5, 0.6) is 0 Å². The van der Waals surface area contributed by atoms with E-state index in [4.69, 9.17) is 23.2 Å². The smallest absolute Gasteiger partial charge is 0.277 e. The lowest BCUT2D eigenvalue weighted by Crippen LogP contribution is -2.49. The van der Waals surface area contributed by atoms with Crippen LogP contribution in [0.15, 0.2) is 71.0 Å². The Bertz CT molecular complexity index is 1570. The van der Waals surface area contributed by atoms with Gasteiger partial charge in [0.15, 0.2) is 5.16 Å². The summed E-state index contributed by atoms with van der Waals surface area (Å²) in [6.07, 6.45) is 5.63. The summed E-state index contributed by atoms with van der Waals surface area (Å²) < 4.78 is 16.8. The van der Waals surface area contributed by atoms with Gasteiger partial charge in [0, 0.05) is 68.4 Å². The molecular formula is C28H27Cl2FN6O2S. The summed E-state index contributed by atoms with van der Waals surface area (Å²) in [6, 6.07) is 11.6. The van der Waals surface area contributed by atoms with E-state index < -0.39 is 0 Å². The molecule has 4 aromatic rings. The molecule has 3 heterocycles. The molecule has 1 saturated heterocycles. The van der Waals surface area contributed by atoms with Crippen LogP contribution in [0.4, 0.5) is 10.1 Å². The van der Waals surface area contributed by atoms with Crippen molar-refractivity contribution in [2.45, 2.75) is 23.9 Å². The molecule has 0 atom stereocenters. The Kier molecular flexibility index (Phi) is 8.78. The number of piperazine rings is 1. The predicted molar refractivity (Wildman–Crippen MR) is 156 cm³/mol. The molecule has 1 aliphatic rings. The Morgan fingerprint density at radius 1 is 1.02 bits per heavy atom. The van der Waals surface area contributed by atoms with Crippen LogP contribution in [0.2, 0.25) is 10.0 Å². The SMILES string of the molecule is Cn1cc(Cc2cn(CC(=O)N3CCN(c4ccc(Cl)cc4Cl)CC3)c(SCc3ccc(F)cc3)nc2=O)cn1. The van der Waals surface area contributed by atoms with Crippen LogP contribution in [0.25, 0.3) is 0 Å². The highest BCUT2D eigenvalue weighted by Crippen LogP contribution is 2.29. The largest absolute Gasteiger partial charge is 0.367 e. The first-order valence-electron chi connectivity index (χ1n) is 12.7. The van der Waals surface area contributed by atoms with Gasteiger partial charge in [0.25, 0.3) is 5.56 Å². The summed E-state index contributed by atoms with van der Waals surface area (Å²) in [5, 5.41) is 5.77. The van der Waals surface area contributed by atoms with Crippen molar-refractivity contribution in [2.75, 3.05) is 31.1 Å². The van der Waals surface area contributed by atoms with E-state index in [1.807, 2.05) is 24.2 Å². The minimum atomic E-state index is -0.345. The third-order valence-corrected chi connectivity index (χ3v) is 8.25. The van der Waals surface area contributed by atoms with Crippen molar-refractivity contribution in [1.82, 2.24) is 24.2 Å². The van der Waals surface area contributed by atoms with Gasteiger partial charge in [0.2, 0.25) is 5.91 Å². The minimum Gasteiger partial charge on any atom is -0.367 e. The molecule has 2 aromatic carbocycles. The molecule has 0 N–H and O–H groups in total. The zero-order valence-electron chi connectivity index (χ0n) is 21.8. The molecule has 1 amide bonds. The zero-order valence-corrected chi connectivity index (χ0v) is 24.1. The van der Waals surface area contributed by atoms with Crippen LogP contribution in [-0.4, -0.2) is 56.3 Å². The Morgan fingerprint density at radius 2 is 1.77 bits per heavy atom. The van der Waals surface area contributed by atoms with E-state index in [1.165, 1.54) is 23.9 Å². The maximum absolute atomic E-state index is 13.4. The number of thioether (sulfide) groups is 1. The Balaban J connectivity index is 1.32. The maximum atomic E-state index is 13.4. The molecule has 1 fully saturated rings. The maximum Gasteiger partial charge on any atom is 0.277 e. The van der Waals surface area contributed by atoms with Crippen LogP contribution in [0.3, 0.4) is 0 Å². The lowest BCUT2D eigenvalue weighted by Gasteiger charge is -2.36. The van der Waals surface area contributed by atoms with Crippen LogP contribution in [-0.2, 0) is 30.6 Å². The number of anilines is 1. The molecule has 12 heteroatoms. The fourth-order valence-electron chi connectivity index (χ4n) is 4.56. The van der Waals surface area contributed by atoms with Gasteiger partial charge in [-0.3, -0.25) is 14.3 Å². The molecular weight excluding hydrogens is 574 g/mol. The Labute approximate surface area is 245 Å². The van der Waals surface area contributed by atoms with Crippen molar-refractivity contribution in [3.05, 3.63) is 104 Å². The number of rotatable bonds is 8. The number of nitrogens with zero attached hydrogens (tertiary/aromatic N) is 6. The van der Waals surface area contributed by atoms with Crippen LogP contribution < -0.4 is 10.5 Å². The van der Waals surface area contributed by atoms with Crippen molar-refractivity contribution in [2.24, 2.45) is 7.05 Å². The highest BCUT2D eigenvalue weighted by molar-refractivity contribution is 7.98. The first-order valence-corrected chi connectivity index (χ1v) is 14.4. The monoisotopic (exact) mass is 600 g/mol. The Morgan fingerprint density at radius 3 is 2.45 bits per heavy atom. The molecule has 0 radical (unpaired) electrons. The van der Waals surface area contributed by atoms with Gasteiger partial charge in [-0.25, -0.2) is 4.39 Å². The summed E-state index contributed by atoms with van der Waals surface area (Å²) in [7, 11) is 1.81. The van der Waals surface area contributed by atoms with Crippen molar-refractivity contribution < 1.29 is 9.18 Å². The van der Waals surface area contributed by atoms with Crippen LogP contribution >= 0.6 is 35.0 Å². The van der Waals surface area contributed by atoms with E-state index in [9.17, 15) is 14.0 Å². The van der Waals surface area contributed by atoms with Gasteiger partial charge in [0.05, 0.1) is 16.9 Å². The summed E-state index contributed by atoms with van der Waals surface area (Å²) >= 11 is 13.8. The number of carbonyl (C=O) groups excluding carboxylic acids is 1. The molecule has 0 spiro atoms. The lowest BCUT2D eigenvalue weighted by molar-refractivity contribution is -0.132. The zero-order chi connectivity index (χ0) is 28.2. The van der Waals surface area contributed by atoms with Crippen molar-refractivity contribution >= 4 is 46.6 Å². The second-order valence-electron chi connectivity index (χ2n) is 9.56. The molecule has 0 saturated carbocycles. The van der Waals surface area contributed by atoms with Crippen molar-refractivity contribution in [3.63, 3.8) is 0 Å². The molecule has 8 nitrogen and oxygen atoms in total. The number of amides is 1. The van der Waals surface area contributed by atoms with Gasteiger partial charge in [-0.1, -0.05) is 47.1 Å². The average Bonchev–Trinajstić information content (AvgIpc) is 3.35. The van der Waals surface area contributed by atoms with Gasteiger partial charge in [-0.15, -0.1) is 0 Å². The van der Waals surface area contributed by atoms with E-state index >= 15 is 0 Å². The third kappa shape index (κ3) is 6.86. The molecule has 5 rings (SSSR count). The molecule has 2 aromatic heterocycles. The second kappa shape index (κ2) is 12.4. The summed E-state index contributed by atoms with van der Waals surface area (Å²) in [4.78, 5) is 34.6.